The minimum Gasteiger partial charge on any atom is -0.477 e. The molecule has 0 aliphatic carbocycles. The predicted octanol–water partition coefficient (Wildman–Crippen LogP) is 1.65. The molecule has 2 aromatic rings. The average Bonchev–Trinajstić information content (AvgIpc) is 2.89. The van der Waals surface area contributed by atoms with Gasteiger partial charge in [0.15, 0.2) is 0 Å². The fraction of sp³-hybridized carbons (Fsp3) is 0.417. The number of hydrogen-bond acceptors (Lipinski definition) is 4. The molecule has 0 aromatic carbocycles. The van der Waals surface area contributed by atoms with Crippen LogP contribution in [0.4, 0.5) is 0 Å². The number of aryl methyl sites for hydroxylation is 1. The lowest BCUT2D eigenvalue weighted by molar-refractivity contribution is 0.330. The molecule has 0 atom stereocenters. The van der Waals surface area contributed by atoms with E-state index in [1.165, 1.54) is 6.33 Å². The van der Waals surface area contributed by atoms with Crippen LogP contribution in [0.15, 0.2) is 6.33 Å². The van der Waals surface area contributed by atoms with Crippen LogP contribution in [0.3, 0.4) is 0 Å². The van der Waals surface area contributed by atoms with Crippen molar-refractivity contribution in [2.75, 3.05) is 6.61 Å². The van der Waals surface area contributed by atoms with Gasteiger partial charge in [-0.2, -0.15) is 5.26 Å². The topological polar surface area (TPSA) is 63.7 Å². The molecule has 0 bridgehead atoms. The Morgan fingerprint density at radius 2 is 2.41 bits per heavy atom. The van der Waals surface area contributed by atoms with Crippen LogP contribution in [0, 0.1) is 11.3 Å². The molecule has 0 unspecified atom stereocenters. The molecule has 0 radical (unpaired) electrons. The van der Waals surface area contributed by atoms with Gasteiger partial charge in [0.1, 0.15) is 23.6 Å². The van der Waals surface area contributed by atoms with Crippen LogP contribution >= 0.6 is 0 Å². The molecule has 17 heavy (non-hydrogen) atoms. The number of rotatable bonds is 2. The van der Waals surface area contributed by atoms with E-state index in [9.17, 15) is 5.26 Å². The molecule has 3 rings (SSSR count). The van der Waals surface area contributed by atoms with Crippen LogP contribution in [0.1, 0.15) is 24.7 Å². The number of aromatic nitrogens is 3. The summed E-state index contributed by atoms with van der Waals surface area (Å²) in [4.78, 5) is 8.39. The molecule has 0 saturated heterocycles. The Kier molecular flexibility index (Phi) is 2.22. The largest absolute Gasteiger partial charge is 0.477 e. The molecule has 0 spiro atoms. The van der Waals surface area contributed by atoms with Crippen LogP contribution < -0.4 is 4.74 Å². The fourth-order valence-electron chi connectivity index (χ4n) is 2.48. The standard InChI is InChI=1S/C12H12N4O/c1-2-17-12-10-8-4-3-5-16(8)9(6-13)11(10)14-7-15-12/h7H,2-5H2,1H3. The van der Waals surface area contributed by atoms with Crippen LogP contribution in [-0.2, 0) is 13.0 Å². The zero-order valence-corrected chi connectivity index (χ0v) is 9.60. The molecular weight excluding hydrogens is 216 g/mol. The molecule has 5 nitrogen and oxygen atoms in total. The van der Waals surface area contributed by atoms with E-state index in [1.807, 2.05) is 11.5 Å². The first-order valence-corrected chi connectivity index (χ1v) is 5.75. The SMILES string of the molecule is CCOc1ncnc2c(C#N)n3c(c12)CCC3. The first kappa shape index (κ1) is 10.1. The Hall–Kier alpha value is -2.09. The van der Waals surface area contributed by atoms with E-state index in [1.54, 1.807) is 0 Å². The van der Waals surface area contributed by atoms with Gasteiger partial charge in [-0.15, -0.1) is 0 Å². The number of nitrogens with zero attached hydrogens (tertiary/aromatic N) is 4. The highest BCUT2D eigenvalue weighted by Gasteiger charge is 2.24. The lowest BCUT2D eigenvalue weighted by atomic mass is 10.2. The number of hydrogen-bond donors (Lipinski definition) is 0. The maximum atomic E-state index is 9.24. The Morgan fingerprint density at radius 3 is 3.18 bits per heavy atom. The number of fused-ring (bicyclic) bond motifs is 3. The zero-order valence-electron chi connectivity index (χ0n) is 9.60. The molecule has 3 heterocycles. The van der Waals surface area contributed by atoms with E-state index in [2.05, 4.69) is 16.0 Å². The smallest absolute Gasteiger partial charge is 0.226 e. The third-order valence-electron chi connectivity index (χ3n) is 3.10. The van der Waals surface area contributed by atoms with Crippen molar-refractivity contribution in [2.24, 2.45) is 0 Å². The van der Waals surface area contributed by atoms with Gasteiger partial charge in [-0.05, 0) is 19.8 Å². The van der Waals surface area contributed by atoms with Gasteiger partial charge in [0.2, 0.25) is 5.88 Å². The van der Waals surface area contributed by atoms with Crippen LogP contribution in [0.5, 0.6) is 5.88 Å². The van der Waals surface area contributed by atoms with Crippen molar-refractivity contribution < 1.29 is 4.74 Å². The highest BCUT2D eigenvalue weighted by atomic mass is 16.5. The lowest BCUT2D eigenvalue weighted by Gasteiger charge is -2.03. The minimum atomic E-state index is 0.568. The Balaban J connectivity index is 2.37. The van der Waals surface area contributed by atoms with Gasteiger partial charge in [-0.25, -0.2) is 9.97 Å². The Morgan fingerprint density at radius 1 is 1.53 bits per heavy atom. The van der Waals surface area contributed by atoms with Crippen molar-refractivity contribution >= 4 is 10.9 Å². The summed E-state index contributed by atoms with van der Waals surface area (Å²) in [6.45, 7) is 3.38. The maximum Gasteiger partial charge on any atom is 0.226 e. The van der Waals surface area contributed by atoms with Crippen LogP contribution in [0.25, 0.3) is 10.9 Å². The summed E-state index contributed by atoms with van der Waals surface area (Å²) in [7, 11) is 0. The summed E-state index contributed by atoms with van der Waals surface area (Å²) in [6.07, 6.45) is 3.50. The monoisotopic (exact) mass is 228 g/mol. The van der Waals surface area contributed by atoms with Crippen molar-refractivity contribution in [3.05, 3.63) is 17.7 Å². The first-order valence-electron chi connectivity index (χ1n) is 5.75. The number of nitriles is 1. The van der Waals surface area contributed by atoms with Gasteiger partial charge < -0.3 is 9.30 Å². The summed E-state index contributed by atoms with van der Waals surface area (Å²) in [5.74, 6) is 0.602. The van der Waals surface area contributed by atoms with Crippen LogP contribution in [0.2, 0.25) is 0 Å². The van der Waals surface area contributed by atoms with E-state index in [0.717, 1.165) is 36.0 Å². The quantitative estimate of drug-likeness (QED) is 0.784. The molecule has 0 N–H and O–H groups in total. The van der Waals surface area contributed by atoms with Crippen molar-refractivity contribution in [1.82, 2.24) is 14.5 Å². The van der Waals surface area contributed by atoms with E-state index in [0.29, 0.717) is 18.2 Å². The van der Waals surface area contributed by atoms with Crippen molar-refractivity contribution in [1.29, 1.82) is 5.26 Å². The fourth-order valence-corrected chi connectivity index (χ4v) is 2.48. The van der Waals surface area contributed by atoms with Crippen molar-refractivity contribution in [3.8, 4) is 11.9 Å². The summed E-state index contributed by atoms with van der Waals surface area (Å²) in [6, 6.07) is 2.24. The van der Waals surface area contributed by atoms with Gasteiger partial charge in [-0.3, -0.25) is 0 Å². The predicted molar refractivity (Wildman–Crippen MR) is 61.7 cm³/mol. The molecule has 1 aliphatic heterocycles. The van der Waals surface area contributed by atoms with Gasteiger partial charge in [0.25, 0.3) is 0 Å². The summed E-state index contributed by atoms with van der Waals surface area (Å²) < 4.78 is 7.57. The van der Waals surface area contributed by atoms with E-state index in [-0.39, 0.29) is 0 Å². The molecule has 5 heteroatoms. The second kappa shape index (κ2) is 3.74. The highest BCUT2D eigenvalue weighted by Crippen LogP contribution is 2.34. The van der Waals surface area contributed by atoms with Gasteiger partial charge in [0, 0.05) is 12.2 Å². The van der Waals surface area contributed by atoms with Crippen molar-refractivity contribution in [3.63, 3.8) is 0 Å². The average molecular weight is 228 g/mol. The third kappa shape index (κ3) is 1.30. The molecule has 86 valence electrons. The highest BCUT2D eigenvalue weighted by molar-refractivity contribution is 5.91. The van der Waals surface area contributed by atoms with Crippen LogP contribution in [-0.4, -0.2) is 21.1 Å². The molecule has 1 aliphatic rings. The van der Waals surface area contributed by atoms with E-state index in [4.69, 9.17) is 4.74 Å². The molecule has 0 saturated carbocycles. The summed E-state index contributed by atoms with van der Waals surface area (Å²) in [5.41, 5.74) is 2.50. The molecule has 0 amide bonds. The lowest BCUT2D eigenvalue weighted by Crippen LogP contribution is -1.96. The van der Waals surface area contributed by atoms with Gasteiger partial charge >= 0.3 is 0 Å². The van der Waals surface area contributed by atoms with Crippen molar-refractivity contribution in [2.45, 2.75) is 26.3 Å². The van der Waals surface area contributed by atoms with Gasteiger partial charge in [0.05, 0.1) is 12.0 Å². The maximum absolute atomic E-state index is 9.24. The molecule has 2 aromatic heterocycles. The zero-order chi connectivity index (χ0) is 11.8. The Bertz CT molecular complexity index is 623. The third-order valence-corrected chi connectivity index (χ3v) is 3.10. The van der Waals surface area contributed by atoms with E-state index < -0.39 is 0 Å². The second-order valence-corrected chi connectivity index (χ2v) is 4.00. The number of ether oxygens (including phenoxy) is 1. The first-order chi connectivity index (χ1) is 8.36. The minimum absolute atomic E-state index is 0.568. The second-order valence-electron chi connectivity index (χ2n) is 4.00. The molecule has 0 fully saturated rings. The summed E-state index contributed by atoms with van der Waals surface area (Å²) >= 11 is 0. The van der Waals surface area contributed by atoms with E-state index >= 15 is 0 Å². The van der Waals surface area contributed by atoms with Gasteiger partial charge in [-0.1, -0.05) is 0 Å². The Labute approximate surface area is 98.7 Å². The molecular formula is C12H12N4O. The summed E-state index contributed by atoms with van der Waals surface area (Å²) in [5, 5.41) is 10.2. The normalized spacial score (nSPS) is 13.6.